The monoisotopic (exact) mass is 321 g/mol. The second-order valence-electron chi connectivity index (χ2n) is 4.27. The molecular formula is C13H20ClNO4S. The van der Waals surface area contributed by atoms with Gasteiger partial charge < -0.3 is 10.4 Å². The lowest BCUT2D eigenvalue weighted by molar-refractivity contribution is -0.139. The molecule has 20 heavy (non-hydrogen) atoms. The van der Waals surface area contributed by atoms with Crippen molar-refractivity contribution in [1.82, 2.24) is 5.32 Å². The maximum absolute atomic E-state index is 12.0. The summed E-state index contributed by atoms with van der Waals surface area (Å²) >= 11 is 0. The summed E-state index contributed by atoms with van der Waals surface area (Å²) in [5.41, 5.74) is 0. The van der Waals surface area contributed by atoms with Crippen LogP contribution in [0.1, 0.15) is 19.8 Å². The van der Waals surface area contributed by atoms with E-state index in [2.05, 4.69) is 5.32 Å². The molecule has 114 valence electrons. The second-order valence-corrected chi connectivity index (χ2v) is 6.37. The van der Waals surface area contributed by atoms with Crippen LogP contribution in [0.3, 0.4) is 0 Å². The van der Waals surface area contributed by atoms with E-state index in [1.165, 1.54) is 12.1 Å². The van der Waals surface area contributed by atoms with Crippen LogP contribution in [-0.2, 0) is 14.6 Å². The van der Waals surface area contributed by atoms with Crippen molar-refractivity contribution in [2.24, 2.45) is 0 Å². The first kappa shape index (κ1) is 18.9. The number of halogens is 1. The predicted molar refractivity (Wildman–Crippen MR) is 80.1 cm³/mol. The fourth-order valence-corrected chi connectivity index (χ4v) is 2.91. The number of benzene rings is 1. The standard InChI is InChI=1S/C13H19NO4S.ClH/c1-2-6-12(13(15)16)14-9-10-19(17,18)11-7-4-3-5-8-11;/h3-5,7-8,12,14H,2,6,9-10H2,1H3,(H,15,16);1H. The number of carboxylic acids is 1. The SMILES string of the molecule is CCCC(NCCS(=O)(=O)c1ccccc1)C(=O)O.Cl. The minimum absolute atomic E-state index is 0. The molecular weight excluding hydrogens is 302 g/mol. The Kier molecular flexibility index (Phi) is 8.45. The normalized spacial score (nSPS) is 12.4. The van der Waals surface area contributed by atoms with Crippen LogP contribution in [0.25, 0.3) is 0 Å². The van der Waals surface area contributed by atoms with Gasteiger partial charge in [-0.3, -0.25) is 4.79 Å². The van der Waals surface area contributed by atoms with Crippen LogP contribution < -0.4 is 5.32 Å². The molecule has 0 saturated carbocycles. The first-order valence-corrected chi connectivity index (χ1v) is 7.86. The Bertz CT molecular complexity index is 504. The highest BCUT2D eigenvalue weighted by Crippen LogP contribution is 2.09. The Balaban J connectivity index is 0.00000361. The van der Waals surface area contributed by atoms with Crippen molar-refractivity contribution >= 4 is 28.2 Å². The van der Waals surface area contributed by atoms with E-state index in [0.717, 1.165) is 6.42 Å². The van der Waals surface area contributed by atoms with Crippen LogP contribution in [0.5, 0.6) is 0 Å². The predicted octanol–water partition coefficient (Wildman–Crippen LogP) is 1.73. The highest BCUT2D eigenvalue weighted by molar-refractivity contribution is 7.91. The van der Waals surface area contributed by atoms with E-state index in [0.29, 0.717) is 6.42 Å². The first-order valence-electron chi connectivity index (χ1n) is 6.21. The summed E-state index contributed by atoms with van der Waals surface area (Å²) in [4.78, 5) is 11.2. The summed E-state index contributed by atoms with van der Waals surface area (Å²) < 4.78 is 23.9. The smallest absolute Gasteiger partial charge is 0.320 e. The number of hydrogen-bond donors (Lipinski definition) is 2. The van der Waals surface area contributed by atoms with Gasteiger partial charge in [0.2, 0.25) is 0 Å². The van der Waals surface area contributed by atoms with Crippen molar-refractivity contribution in [3.63, 3.8) is 0 Å². The molecule has 0 aliphatic rings. The number of rotatable bonds is 8. The molecule has 5 nitrogen and oxygen atoms in total. The zero-order valence-corrected chi connectivity index (χ0v) is 12.9. The highest BCUT2D eigenvalue weighted by Gasteiger charge is 2.18. The quantitative estimate of drug-likeness (QED) is 0.761. The minimum atomic E-state index is -3.35. The van der Waals surface area contributed by atoms with Gasteiger partial charge in [0.15, 0.2) is 9.84 Å². The molecule has 0 aromatic heterocycles. The van der Waals surface area contributed by atoms with E-state index in [9.17, 15) is 13.2 Å². The Hall–Kier alpha value is -1.11. The summed E-state index contributed by atoms with van der Waals surface area (Å²) in [6.07, 6.45) is 1.22. The zero-order chi connectivity index (χ0) is 14.3. The topological polar surface area (TPSA) is 83.5 Å². The molecule has 2 N–H and O–H groups in total. The first-order chi connectivity index (χ1) is 8.97. The van der Waals surface area contributed by atoms with Crippen LogP contribution in [0.15, 0.2) is 35.2 Å². The maximum Gasteiger partial charge on any atom is 0.320 e. The van der Waals surface area contributed by atoms with Gasteiger partial charge in [-0.1, -0.05) is 31.5 Å². The molecule has 1 aromatic rings. The van der Waals surface area contributed by atoms with Crippen LogP contribution in [-0.4, -0.2) is 37.8 Å². The summed E-state index contributed by atoms with van der Waals surface area (Å²) in [5, 5.41) is 11.7. The fourth-order valence-electron chi connectivity index (χ4n) is 1.71. The average Bonchev–Trinajstić information content (AvgIpc) is 2.38. The Morgan fingerprint density at radius 3 is 2.40 bits per heavy atom. The number of aliphatic carboxylic acids is 1. The molecule has 7 heteroatoms. The number of carbonyl (C=O) groups is 1. The van der Waals surface area contributed by atoms with Gasteiger partial charge in [0, 0.05) is 6.54 Å². The Labute approximate surface area is 125 Å². The molecule has 1 rings (SSSR count). The summed E-state index contributed by atoms with van der Waals surface area (Å²) in [6, 6.07) is 7.47. The number of sulfone groups is 1. The summed E-state index contributed by atoms with van der Waals surface area (Å²) in [6.45, 7) is 2.02. The molecule has 0 aliphatic heterocycles. The van der Waals surface area contributed by atoms with Gasteiger partial charge in [0.05, 0.1) is 10.6 Å². The van der Waals surface area contributed by atoms with Gasteiger partial charge in [-0.15, -0.1) is 12.4 Å². The Morgan fingerprint density at radius 1 is 1.30 bits per heavy atom. The molecule has 0 amide bonds. The van der Waals surface area contributed by atoms with Gasteiger partial charge in [-0.05, 0) is 18.6 Å². The molecule has 0 fully saturated rings. The van der Waals surface area contributed by atoms with Gasteiger partial charge in [0.1, 0.15) is 6.04 Å². The highest BCUT2D eigenvalue weighted by atomic mass is 35.5. The van der Waals surface area contributed by atoms with Crippen molar-refractivity contribution in [2.75, 3.05) is 12.3 Å². The second kappa shape index (κ2) is 8.94. The van der Waals surface area contributed by atoms with Crippen molar-refractivity contribution in [1.29, 1.82) is 0 Å². The largest absolute Gasteiger partial charge is 0.480 e. The molecule has 0 heterocycles. The van der Waals surface area contributed by atoms with Crippen molar-refractivity contribution < 1.29 is 18.3 Å². The molecule has 1 unspecified atom stereocenters. The number of carboxylic acid groups (broad SMARTS) is 1. The average molecular weight is 322 g/mol. The van der Waals surface area contributed by atoms with Gasteiger partial charge >= 0.3 is 5.97 Å². The van der Waals surface area contributed by atoms with Crippen molar-refractivity contribution in [3.8, 4) is 0 Å². The zero-order valence-electron chi connectivity index (χ0n) is 11.3. The third-order valence-corrected chi connectivity index (χ3v) is 4.47. The molecule has 0 aliphatic carbocycles. The van der Waals surface area contributed by atoms with Gasteiger partial charge in [-0.2, -0.15) is 0 Å². The molecule has 0 saturated heterocycles. The lowest BCUT2D eigenvalue weighted by atomic mass is 10.2. The van der Waals surface area contributed by atoms with E-state index in [1.54, 1.807) is 18.2 Å². The summed E-state index contributed by atoms with van der Waals surface area (Å²) in [7, 11) is -3.35. The van der Waals surface area contributed by atoms with E-state index in [1.807, 2.05) is 6.92 Å². The van der Waals surface area contributed by atoms with Crippen LogP contribution >= 0.6 is 12.4 Å². The third kappa shape index (κ3) is 5.90. The lowest BCUT2D eigenvalue weighted by Gasteiger charge is -2.13. The van der Waals surface area contributed by atoms with Crippen LogP contribution in [0.4, 0.5) is 0 Å². The maximum atomic E-state index is 12.0. The lowest BCUT2D eigenvalue weighted by Crippen LogP contribution is -2.39. The van der Waals surface area contributed by atoms with E-state index in [-0.39, 0.29) is 29.6 Å². The molecule has 1 aromatic carbocycles. The number of hydrogen-bond acceptors (Lipinski definition) is 4. The van der Waals surface area contributed by atoms with Crippen LogP contribution in [0.2, 0.25) is 0 Å². The molecule has 1 atom stereocenters. The van der Waals surface area contributed by atoms with Crippen LogP contribution in [0, 0.1) is 0 Å². The van der Waals surface area contributed by atoms with Crippen molar-refractivity contribution in [2.45, 2.75) is 30.7 Å². The fraction of sp³-hybridized carbons (Fsp3) is 0.462. The van der Waals surface area contributed by atoms with Gasteiger partial charge in [0.25, 0.3) is 0 Å². The Morgan fingerprint density at radius 2 is 1.90 bits per heavy atom. The van der Waals surface area contributed by atoms with E-state index >= 15 is 0 Å². The molecule has 0 radical (unpaired) electrons. The van der Waals surface area contributed by atoms with Crippen molar-refractivity contribution in [3.05, 3.63) is 30.3 Å². The van der Waals surface area contributed by atoms with Gasteiger partial charge in [-0.25, -0.2) is 8.42 Å². The summed E-state index contributed by atoms with van der Waals surface area (Å²) in [5.74, 6) is -1.05. The minimum Gasteiger partial charge on any atom is -0.480 e. The molecule has 0 spiro atoms. The molecule has 0 bridgehead atoms. The van der Waals surface area contributed by atoms with E-state index < -0.39 is 21.8 Å². The number of nitrogens with one attached hydrogen (secondary N) is 1. The van der Waals surface area contributed by atoms with E-state index in [4.69, 9.17) is 5.11 Å². The third-order valence-electron chi connectivity index (χ3n) is 2.74.